The highest BCUT2D eigenvalue weighted by Crippen LogP contribution is 2.05. The Hall–Kier alpha value is -1.12. The van der Waals surface area contributed by atoms with E-state index in [1.165, 1.54) is 6.92 Å². The van der Waals surface area contributed by atoms with Crippen LogP contribution in [-0.4, -0.2) is 63.0 Å². The van der Waals surface area contributed by atoms with Gasteiger partial charge in [-0.15, -0.1) is 0 Å². The molecule has 1 unspecified atom stereocenters. The largest absolute Gasteiger partial charge is 0.394 e. The molecule has 0 aromatic rings. The third kappa shape index (κ3) is 3.99. The highest BCUT2D eigenvalue weighted by atomic mass is 16.4. The lowest BCUT2D eigenvalue weighted by Crippen LogP contribution is -2.52. The Labute approximate surface area is 98.2 Å². The van der Waals surface area contributed by atoms with Crippen LogP contribution in [0.2, 0.25) is 0 Å². The van der Waals surface area contributed by atoms with Crippen molar-refractivity contribution in [2.24, 2.45) is 5.73 Å². The highest BCUT2D eigenvalue weighted by Gasteiger charge is 2.35. The number of carbonyl (C=O) groups excluding carboxylic acids is 2. The fraction of sp³-hybridized carbons (Fsp3) is 0.600. The van der Waals surface area contributed by atoms with Gasteiger partial charge in [0.25, 0.3) is 0 Å². The molecule has 7 nitrogen and oxygen atoms in total. The maximum Gasteiger partial charge on any atom is 0.189 e. The minimum atomic E-state index is -1.98. The van der Waals surface area contributed by atoms with Gasteiger partial charge in [-0.1, -0.05) is 6.58 Å². The number of nitrogens with two attached hydrogens (primary N) is 1. The first-order chi connectivity index (χ1) is 7.73. The second kappa shape index (κ2) is 6.58. The Kier molecular flexibility index (Phi) is 6.14. The van der Waals surface area contributed by atoms with E-state index in [0.717, 1.165) is 0 Å². The topological polar surface area (TPSA) is 141 Å². The van der Waals surface area contributed by atoms with E-state index < -0.39 is 42.5 Å². The van der Waals surface area contributed by atoms with Crippen LogP contribution >= 0.6 is 0 Å². The van der Waals surface area contributed by atoms with Crippen LogP contribution in [0.5, 0.6) is 0 Å². The van der Waals surface area contributed by atoms with E-state index in [-0.39, 0.29) is 5.57 Å². The van der Waals surface area contributed by atoms with Crippen molar-refractivity contribution in [3.05, 3.63) is 12.2 Å². The lowest BCUT2D eigenvalue weighted by molar-refractivity contribution is -0.141. The van der Waals surface area contributed by atoms with Crippen molar-refractivity contribution in [2.45, 2.75) is 31.3 Å². The lowest BCUT2D eigenvalue weighted by Gasteiger charge is -2.19. The summed E-state index contributed by atoms with van der Waals surface area (Å²) in [5.74, 6) is -2.19. The summed E-state index contributed by atoms with van der Waals surface area (Å²) >= 11 is 0. The minimum absolute atomic E-state index is 0.107. The number of hydrogen-bond donors (Lipinski definition) is 5. The molecule has 0 bridgehead atoms. The van der Waals surface area contributed by atoms with E-state index in [9.17, 15) is 19.8 Å². The van der Waals surface area contributed by atoms with Crippen LogP contribution in [0.25, 0.3) is 0 Å². The summed E-state index contributed by atoms with van der Waals surface area (Å²) in [4.78, 5) is 22.8. The molecule has 4 atom stereocenters. The quantitative estimate of drug-likeness (QED) is 0.240. The van der Waals surface area contributed by atoms with Gasteiger partial charge >= 0.3 is 0 Å². The van der Waals surface area contributed by atoms with Crippen LogP contribution in [0.4, 0.5) is 0 Å². The zero-order valence-corrected chi connectivity index (χ0v) is 9.41. The zero-order valence-electron chi connectivity index (χ0n) is 9.41. The average Bonchev–Trinajstić information content (AvgIpc) is 2.32. The molecule has 0 fully saturated rings. The molecule has 0 spiro atoms. The molecule has 17 heavy (non-hydrogen) atoms. The molecule has 0 aromatic carbocycles. The van der Waals surface area contributed by atoms with Gasteiger partial charge in [0, 0.05) is 0 Å². The molecule has 7 heteroatoms. The van der Waals surface area contributed by atoms with Crippen LogP contribution in [-0.2, 0) is 9.59 Å². The van der Waals surface area contributed by atoms with Crippen LogP contribution in [0.15, 0.2) is 12.2 Å². The summed E-state index contributed by atoms with van der Waals surface area (Å²) in [5.41, 5.74) is 5.35. The summed E-state index contributed by atoms with van der Waals surface area (Å²) in [6.45, 7) is 3.85. The minimum Gasteiger partial charge on any atom is -0.394 e. The number of aliphatic hydroxyl groups excluding tert-OH is 4. The zero-order chi connectivity index (χ0) is 13.7. The van der Waals surface area contributed by atoms with Crippen LogP contribution in [0.3, 0.4) is 0 Å². The van der Waals surface area contributed by atoms with E-state index in [1.54, 1.807) is 0 Å². The van der Waals surface area contributed by atoms with Crippen LogP contribution in [0, 0.1) is 0 Å². The molecule has 0 saturated carbocycles. The summed E-state index contributed by atoms with van der Waals surface area (Å²) in [5, 5.41) is 36.1. The lowest BCUT2D eigenvalue weighted by atomic mass is 9.95. The van der Waals surface area contributed by atoms with Gasteiger partial charge in [0.15, 0.2) is 11.6 Å². The second-order valence-electron chi connectivity index (χ2n) is 3.73. The number of aliphatic hydroxyl groups is 4. The molecule has 0 aliphatic carbocycles. The van der Waals surface area contributed by atoms with E-state index in [1.807, 2.05) is 0 Å². The third-order valence-electron chi connectivity index (χ3n) is 2.19. The summed E-state index contributed by atoms with van der Waals surface area (Å²) in [7, 11) is 0. The second-order valence-corrected chi connectivity index (χ2v) is 3.73. The average molecular weight is 247 g/mol. The fourth-order valence-corrected chi connectivity index (χ4v) is 1.03. The maximum atomic E-state index is 11.4. The van der Waals surface area contributed by atoms with Crippen molar-refractivity contribution < 1.29 is 30.0 Å². The summed E-state index contributed by atoms with van der Waals surface area (Å²) in [6.07, 6.45) is -5.30. The SMILES string of the molecule is C=C(C)C(O)C(=O)[C@@H](N)C(=O)[C@H](O)[C@H](O)CO. The Morgan fingerprint density at radius 3 is 2.06 bits per heavy atom. The molecule has 0 aliphatic rings. The molecule has 0 saturated heterocycles. The molecule has 0 amide bonds. The number of rotatable bonds is 7. The standard InChI is InChI=1S/C10H17NO6/c1-4(2)7(14)9(16)6(11)10(17)8(15)5(13)3-12/h5-8,12-15H,1,3,11H2,2H3/t5-,6-,7?,8-/m1/s1. The fourth-order valence-electron chi connectivity index (χ4n) is 1.03. The van der Waals surface area contributed by atoms with Crippen molar-refractivity contribution in [1.82, 2.24) is 0 Å². The first-order valence-electron chi connectivity index (χ1n) is 4.87. The Bertz CT molecular complexity index is 316. The molecule has 0 aromatic heterocycles. The molecule has 0 rings (SSSR count). The summed E-state index contributed by atoms with van der Waals surface area (Å²) in [6, 6.07) is -1.78. The molecule has 0 radical (unpaired) electrons. The van der Waals surface area contributed by atoms with Gasteiger partial charge in [0.2, 0.25) is 0 Å². The van der Waals surface area contributed by atoms with Gasteiger partial charge in [0.05, 0.1) is 6.61 Å². The summed E-state index contributed by atoms with van der Waals surface area (Å²) < 4.78 is 0. The van der Waals surface area contributed by atoms with Gasteiger partial charge in [-0.3, -0.25) is 9.59 Å². The number of hydrogen-bond acceptors (Lipinski definition) is 7. The Morgan fingerprint density at radius 1 is 1.24 bits per heavy atom. The predicted molar refractivity (Wildman–Crippen MR) is 57.9 cm³/mol. The van der Waals surface area contributed by atoms with Crippen LogP contribution < -0.4 is 5.73 Å². The molecule has 6 N–H and O–H groups in total. The van der Waals surface area contributed by atoms with E-state index in [0.29, 0.717) is 0 Å². The van der Waals surface area contributed by atoms with Gasteiger partial charge < -0.3 is 26.2 Å². The Balaban J connectivity index is 4.71. The van der Waals surface area contributed by atoms with Gasteiger partial charge in [-0.05, 0) is 12.5 Å². The number of carbonyl (C=O) groups is 2. The first kappa shape index (κ1) is 15.9. The van der Waals surface area contributed by atoms with E-state index >= 15 is 0 Å². The normalized spacial score (nSPS) is 18.0. The molecular formula is C10H17NO6. The van der Waals surface area contributed by atoms with Gasteiger partial charge in [-0.25, -0.2) is 0 Å². The van der Waals surface area contributed by atoms with Gasteiger partial charge in [-0.2, -0.15) is 0 Å². The Morgan fingerprint density at radius 2 is 1.71 bits per heavy atom. The predicted octanol–water partition coefficient (Wildman–Crippen LogP) is -2.90. The molecular weight excluding hydrogens is 230 g/mol. The van der Waals surface area contributed by atoms with Gasteiger partial charge in [0.1, 0.15) is 24.4 Å². The molecule has 0 heterocycles. The third-order valence-corrected chi connectivity index (χ3v) is 2.19. The van der Waals surface area contributed by atoms with Crippen molar-refractivity contribution in [3.63, 3.8) is 0 Å². The van der Waals surface area contributed by atoms with E-state index in [4.69, 9.17) is 15.9 Å². The highest BCUT2D eigenvalue weighted by molar-refractivity contribution is 6.10. The van der Waals surface area contributed by atoms with E-state index in [2.05, 4.69) is 6.58 Å². The smallest absolute Gasteiger partial charge is 0.189 e. The molecule has 0 aliphatic heterocycles. The van der Waals surface area contributed by atoms with Crippen LogP contribution in [0.1, 0.15) is 6.92 Å². The van der Waals surface area contributed by atoms with Crippen molar-refractivity contribution >= 4 is 11.6 Å². The first-order valence-corrected chi connectivity index (χ1v) is 4.87. The number of Topliss-reactive ketones (excluding diaryl/α,β-unsaturated/α-hetero) is 2. The maximum absolute atomic E-state index is 11.4. The number of ketones is 2. The monoisotopic (exact) mass is 247 g/mol. The molecule has 98 valence electrons. The van der Waals surface area contributed by atoms with Crippen molar-refractivity contribution in [2.75, 3.05) is 6.61 Å². The van der Waals surface area contributed by atoms with Crippen molar-refractivity contribution in [1.29, 1.82) is 0 Å². The van der Waals surface area contributed by atoms with Crippen molar-refractivity contribution in [3.8, 4) is 0 Å².